The Hall–Kier alpha value is -1.40. The van der Waals surface area contributed by atoms with Gasteiger partial charge in [0.2, 0.25) is 0 Å². The first kappa shape index (κ1) is 10.1. The Bertz CT molecular complexity index is 298. The summed E-state index contributed by atoms with van der Waals surface area (Å²) < 4.78 is 24.3. The minimum atomic E-state index is -2.96. The number of carbonyl (C=O) groups excluding carboxylic acids is 2. The SMILES string of the molecule is O=C(C(F)F)N1CCN2C(=O)NCC2C1. The van der Waals surface area contributed by atoms with Crippen LogP contribution in [0.2, 0.25) is 0 Å². The molecule has 1 unspecified atom stereocenters. The van der Waals surface area contributed by atoms with Crippen molar-refractivity contribution in [2.45, 2.75) is 12.5 Å². The maximum absolute atomic E-state index is 12.1. The van der Waals surface area contributed by atoms with Gasteiger partial charge in [-0.2, -0.15) is 8.78 Å². The van der Waals surface area contributed by atoms with E-state index in [1.165, 1.54) is 0 Å². The zero-order chi connectivity index (χ0) is 11.0. The van der Waals surface area contributed by atoms with Crippen molar-refractivity contribution in [3.8, 4) is 0 Å². The van der Waals surface area contributed by atoms with Crippen molar-refractivity contribution in [3.05, 3.63) is 0 Å². The lowest BCUT2D eigenvalue weighted by molar-refractivity contribution is -0.145. The van der Waals surface area contributed by atoms with Crippen LogP contribution in [0.1, 0.15) is 0 Å². The lowest BCUT2D eigenvalue weighted by Crippen LogP contribution is -2.54. The van der Waals surface area contributed by atoms with Gasteiger partial charge in [-0.1, -0.05) is 0 Å². The summed E-state index contributed by atoms with van der Waals surface area (Å²) >= 11 is 0. The number of hydrogen-bond donors (Lipinski definition) is 1. The fraction of sp³-hybridized carbons (Fsp3) is 0.750. The van der Waals surface area contributed by atoms with Crippen molar-refractivity contribution in [1.82, 2.24) is 15.1 Å². The van der Waals surface area contributed by atoms with Gasteiger partial charge in [0.1, 0.15) is 0 Å². The van der Waals surface area contributed by atoms with Gasteiger partial charge < -0.3 is 15.1 Å². The van der Waals surface area contributed by atoms with Crippen molar-refractivity contribution >= 4 is 11.9 Å². The van der Waals surface area contributed by atoms with Gasteiger partial charge in [-0.3, -0.25) is 4.79 Å². The molecule has 2 saturated heterocycles. The van der Waals surface area contributed by atoms with Crippen molar-refractivity contribution < 1.29 is 18.4 Å². The van der Waals surface area contributed by atoms with E-state index in [0.717, 1.165) is 4.90 Å². The Morgan fingerprint density at radius 3 is 2.87 bits per heavy atom. The van der Waals surface area contributed by atoms with E-state index in [-0.39, 0.29) is 25.2 Å². The van der Waals surface area contributed by atoms with E-state index in [1.54, 1.807) is 4.90 Å². The van der Waals surface area contributed by atoms with Crippen LogP contribution in [-0.4, -0.2) is 60.4 Å². The molecular weight excluding hydrogens is 208 g/mol. The van der Waals surface area contributed by atoms with Crippen LogP contribution < -0.4 is 5.32 Å². The number of rotatable bonds is 1. The second-order valence-electron chi connectivity index (χ2n) is 3.62. The third-order valence-corrected chi connectivity index (χ3v) is 2.73. The number of piperazine rings is 1. The van der Waals surface area contributed by atoms with Crippen molar-refractivity contribution in [2.75, 3.05) is 26.2 Å². The predicted octanol–water partition coefficient (Wildman–Crippen LogP) is -0.513. The van der Waals surface area contributed by atoms with Gasteiger partial charge in [0.15, 0.2) is 0 Å². The van der Waals surface area contributed by atoms with Gasteiger partial charge in [-0.15, -0.1) is 0 Å². The van der Waals surface area contributed by atoms with E-state index in [9.17, 15) is 18.4 Å². The second-order valence-corrected chi connectivity index (χ2v) is 3.62. The quantitative estimate of drug-likeness (QED) is 0.645. The molecule has 0 aliphatic carbocycles. The molecule has 7 heteroatoms. The number of urea groups is 1. The molecule has 2 rings (SSSR count). The van der Waals surface area contributed by atoms with E-state index in [0.29, 0.717) is 13.1 Å². The summed E-state index contributed by atoms with van der Waals surface area (Å²) in [6.45, 7) is 1.13. The number of nitrogens with zero attached hydrogens (tertiary/aromatic N) is 2. The highest BCUT2D eigenvalue weighted by atomic mass is 19.3. The molecule has 2 fully saturated rings. The first-order valence-electron chi connectivity index (χ1n) is 4.71. The van der Waals surface area contributed by atoms with Crippen LogP contribution in [-0.2, 0) is 4.79 Å². The summed E-state index contributed by atoms with van der Waals surface area (Å²) in [6, 6.07) is -0.335. The molecule has 0 saturated carbocycles. The highest BCUT2D eigenvalue weighted by Gasteiger charge is 2.38. The smallest absolute Gasteiger partial charge is 0.317 e. The van der Waals surface area contributed by atoms with E-state index in [4.69, 9.17) is 0 Å². The summed E-state index contributed by atoms with van der Waals surface area (Å²) in [5.41, 5.74) is 0. The molecule has 0 spiro atoms. The Balaban J connectivity index is 1.99. The average Bonchev–Trinajstić information content (AvgIpc) is 2.59. The van der Waals surface area contributed by atoms with E-state index in [2.05, 4.69) is 5.32 Å². The number of halogens is 2. The van der Waals surface area contributed by atoms with E-state index < -0.39 is 12.3 Å². The molecule has 0 bridgehead atoms. The first-order chi connectivity index (χ1) is 7.09. The number of fused-ring (bicyclic) bond motifs is 1. The molecule has 84 valence electrons. The van der Waals surface area contributed by atoms with Gasteiger partial charge in [0.25, 0.3) is 5.91 Å². The largest absolute Gasteiger partial charge is 0.336 e. The highest BCUT2D eigenvalue weighted by molar-refractivity contribution is 5.81. The van der Waals surface area contributed by atoms with Crippen molar-refractivity contribution in [2.24, 2.45) is 0 Å². The molecule has 2 aliphatic heterocycles. The summed E-state index contributed by atoms with van der Waals surface area (Å²) in [5.74, 6) is -1.14. The van der Waals surface area contributed by atoms with Crippen LogP contribution >= 0.6 is 0 Å². The summed E-state index contributed by atoms with van der Waals surface area (Å²) in [6.07, 6.45) is -2.96. The van der Waals surface area contributed by atoms with Gasteiger partial charge in [-0.25, -0.2) is 4.79 Å². The maximum Gasteiger partial charge on any atom is 0.317 e. The molecular formula is C8H11F2N3O2. The Morgan fingerprint density at radius 2 is 2.20 bits per heavy atom. The number of hydrogen-bond acceptors (Lipinski definition) is 2. The maximum atomic E-state index is 12.1. The predicted molar refractivity (Wildman–Crippen MR) is 46.5 cm³/mol. The second kappa shape index (κ2) is 3.63. The number of alkyl halides is 2. The topological polar surface area (TPSA) is 52.7 Å². The molecule has 2 aliphatic rings. The number of amides is 3. The Labute approximate surface area is 85.0 Å². The Morgan fingerprint density at radius 1 is 1.47 bits per heavy atom. The van der Waals surface area contributed by atoms with Crippen LogP contribution in [0.5, 0.6) is 0 Å². The van der Waals surface area contributed by atoms with Gasteiger partial charge in [-0.05, 0) is 0 Å². The van der Waals surface area contributed by atoms with Gasteiger partial charge in [0.05, 0.1) is 6.04 Å². The zero-order valence-electron chi connectivity index (χ0n) is 7.95. The lowest BCUT2D eigenvalue weighted by Gasteiger charge is -2.36. The molecule has 1 atom stereocenters. The van der Waals surface area contributed by atoms with Crippen LogP contribution in [0, 0.1) is 0 Å². The molecule has 0 aromatic carbocycles. The Kier molecular flexibility index (Phi) is 2.45. The summed E-state index contributed by atoms with van der Waals surface area (Å²) in [5, 5.41) is 2.61. The monoisotopic (exact) mass is 219 g/mol. The molecule has 15 heavy (non-hydrogen) atoms. The standard InChI is InChI=1S/C8H11F2N3O2/c9-6(10)7(14)12-1-2-13-5(4-12)3-11-8(13)15/h5-6H,1-4H2,(H,11,15). The fourth-order valence-electron chi connectivity index (χ4n) is 1.94. The van der Waals surface area contributed by atoms with Gasteiger partial charge in [0, 0.05) is 26.2 Å². The van der Waals surface area contributed by atoms with E-state index >= 15 is 0 Å². The van der Waals surface area contributed by atoms with Crippen LogP contribution in [0.25, 0.3) is 0 Å². The lowest BCUT2D eigenvalue weighted by atomic mass is 10.2. The highest BCUT2D eigenvalue weighted by Crippen LogP contribution is 2.15. The van der Waals surface area contributed by atoms with Crippen molar-refractivity contribution in [3.63, 3.8) is 0 Å². The zero-order valence-corrected chi connectivity index (χ0v) is 7.95. The van der Waals surface area contributed by atoms with Crippen molar-refractivity contribution in [1.29, 1.82) is 0 Å². The third-order valence-electron chi connectivity index (χ3n) is 2.73. The van der Waals surface area contributed by atoms with Crippen LogP contribution in [0.3, 0.4) is 0 Å². The molecule has 2 heterocycles. The number of carbonyl (C=O) groups is 2. The third kappa shape index (κ3) is 1.73. The number of nitrogens with one attached hydrogen (secondary N) is 1. The molecule has 0 aromatic heterocycles. The summed E-state index contributed by atoms with van der Waals surface area (Å²) in [4.78, 5) is 24.9. The normalized spacial score (nSPS) is 25.5. The fourth-order valence-corrected chi connectivity index (χ4v) is 1.94. The van der Waals surface area contributed by atoms with Crippen LogP contribution in [0.4, 0.5) is 13.6 Å². The first-order valence-corrected chi connectivity index (χ1v) is 4.71. The molecule has 1 N–H and O–H groups in total. The molecule has 3 amide bonds. The molecule has 5 nitrogen and oxygen atoms in total. The minimum absolute atomic E-state index is 0.158. The van der Waals surface area contributed by atoms with Crippen LogP contribution in [0.15, 0.2) is 0 Å². The molecule has 0 radical (unpaired) electrons. The molecule has 0 aromatic rings. The minimum Gasteiger partial charge on any atom is -0.336 e. The average molecular weight is 219 g/mol. The van der Waals surface area contributed by atoms with E-state index in [1.807, 2.05) is 0 Å². The van der Waals surface area contributed by atoms with Gasteiger partial charge >= 0.3 is 12.5 Å². The summed E-state index contributed by atoms with van der Waals surface area (Å²) in [7, 11) is 0.